The van der Waals surface area contributed by atoms with Gasteiger partial charge < -0.3 is 10.6 Å². The Labute approximate surface area is 104 Å². The van der Waals surface area contributed by atoms with E-state index in [2.05, 4.69) is 48.5 Å². The van der Waals surface area contributed by atoms with Crippen LogP contribution in [0.5, 0.6) is 0 Å². The van der Waals surface area contributed by atoms with Gasteiger partial charge in [0.15, 0.2) is 0 Å². The Hall–Kier alpha value is -1.25. The molecule has 1 fully saturated rings. The molecule has 0 spiro atoms. The maximum Gasteiger partial charge on any atom is 0.127 e. The van der Waals surface area contributed by atoms with Crippen LogP contribution in [0.1, 0.15) is 40.0 Å². The summed E-state index contributed by atoms with van der Waals surface area (Å²) in [5.41, 5.74) is 1.58. The number of aromatic nitrogens is 1. The van der Waals surface area contributed by atoms with Gasteiger partial charge in [-0.05, 0) is 31.2 Å². The van der Waals surface area contributed by atoms with Crippen LogP contribution in [0.3, 0.4) is 0 Å². The second kappa shape index (κ2) is 4.94. The van der Waals surface area contributed by atoms with Gasteiger partial charge in [0.25, 0.3) is 0 Å². The topological polar surface area (TPSA) is 37.0 Å². The highest BCUT2D eigenvalue weighted by Gasteiger charge is 2.34. The zero-order valence-corrected chi connectivity index (χ0v) is 11.1. The van der Waals surface area contributed by atoms with Crippen LogP contribution >= 0.6 is 0 Å². The van der Waals surface area contributed by atoms with E-state index in [0.29, 0.717) is 11.5 Å². The highest BCUT2D eigenvalue weighted by molar-refractivity contribution is 5.52. The molecule has 1 aromatic heterocycles. The Morgan fingerprint density at radius 2 is 2.29 bits per heavy atom. The Bertz CT molecular complexity index is 373. The predicted octanol–water partition coefficient (Wildman–Crippen LogP) is 3.50. The van der Waals surface area contributed by atoms with Gasteiger partial charge in [-0.1, -0.05) is 20.3 Å². The van der Waals surface area contributed by atoms with E-state index in [1.807, 2.05) is 6.20 Å². The molecule has 2 N–H and O–H groups in total. The third-order valence-electron chi connectivity index (χ3n) is 3.72. The molecule has 0 aliphatic heterocycles. The predicted molar refractivity (Wildman–Crippen MR) is 73.4 cm³/mol. The third kappa shape index (κ3) is 2.90. The van der Waals surface area contributed by atoms with Crippen molar-refractivity contribution in [2.45, 2.75) is 46.1 Å². The summed E-state index contributed by atoms with van der Waals surface area (Å²) >= 11 is 0. The highest BCUT2D eigenvalue weighted by Crippen LogP contribution is 2.39. The van der Waals surface area contributed by atoms with Crippen molar-refractivity contribution in [3.05, 3.63) is 18.3 Å². The second-order valence-electron chi connectivity index (χ2n) is 5.54. The van der Waals surface area contributed by atoms with E-state index in [0.717, 1.165) is 12.4 Å². The van der Waals surface area contributed by atoms with E-state index < -0.39 is 0 Å². The number of hydrogen-bond donors (Lipinski definition) is 2. The van der Waals surface area contributed by atoms with Gasteiger partial charge in [-0.15, -0.1) is 0 Å². The Balaban J connectivity index is 2.05. The first-order valence-corrected chi connectivity index (χ1v) is 6.58. The van der Waals surface area contributed by atoms with E-state index in [-0.39, 0.29) is 0 Å². The molecule has 1 unspecified atom stereocenters. The Morgan fingerprint density at radius 3 is 2.94 bits per heavy atom. The molecule has 1 aliphatic rings. The number of hydrogen-bond acceptors (Lipinski definition) is 3. The number of pyridine rings is 1. The van der Waals surface area contributed by atoms with Gasteiger partial charge in [-0.25, -0.2) is 4.98 Å². The van der Waals surface area contributed by atoms with Crippen molar-refractivity contribution < 1.29 is 0 Å². The molecule has 0 saturated heterocycles. The summed E-state index contributed by atoms with van der Waals surface area (Å²) in [6, 6.07) is 4.73. The van der Waals surface area contributed by atoms with Crippen molar-refractivity contribution in [1.82, 2.24) is 4.98 Å². The molecule has 1 aromatic rings. The molecule has 0 radical (unpaired) electrons. The van der Waals surface area contributed by atoms with Gasteiger partial charge in [0.1, 0.15) is 5.82 Å². The quantitative estimate of drug-likeness (QED) is 0.835. The second-order valence-corrected chi connectivity index (χ2v) is 5.54. The summed E-state index contributed by atoms with van der Waals surface area (Å²) in [6.07, 6.45) is 5.78. The van der Waals surface area contributed by atoms with E-state index in [4.69, 9.17) is 0 Å². The van der Waals surface area contributed by atoms with Crippen LogP contribution in [0, 0.1) is 5.41 Å². The minimum Gasteiger partial charge on any atom is -0.382 e. The maximum absolute atomic E-state index is 4.29. The average Bonchev–Trinajstić information content (AvgIpc) is 2.59. The lowest BCUT2D eigenvalue weighted by Gasteiger charge is -2.28. The fourth-order valence-corrected chi connectivity index (χ4v) is 2.59. The van der Waals surface area contributed by atoms with Crippen LogP contribution in [0.25, 0.3) is 0 Å². The van der Waals surface area contributed by atoms with E-state index in [1.165, 1.54) is 24.9 Å². The SMILES string of the molecule is CCNc1cc(NC2CCCC2(C)C)ccn1. The molecule has 3 heteroatoms. The van der Waals surface area contributed by atoms with Gasteiger partial charge in [-0.2, -0.15) is 0 Å². The zero-order chi connectivity index (χ0) is 12.3. The number of anilines is 2. The summed E-state index contributed by atoms with van der Waals surface area (Å²) in [5.74, 6) is 0.952. The minimum absolute atomic E-state index is 0.404. The molecular formula is C14H23N3. The normalized spacial score (nSPS) is 22.4. The largest absolute Gasteiger partial charge is 0.382 e. The minimum atomic E-state index is 0.404. The first-order valence-electron chi connectivity index (χ1n) is 6.58. The molecule has 17 heavy (non-hydrogen) atoms. The van der Waals surface area contributed by atoms with E-state index >= 15 is 0 Å². The van der Waals surface area contributed by atoms with Crippen LogP contribution in [0.15, 0.2) is 18.3 Å². The molecule has 2 rings (SSSR count). The van der Waals surface area contributed by atoms with Crippen molar-refractivity contribution in [3.63, 3.8) is 0 Å². The number of nitrogens with zero attached hydrogens (tertiary/aromatic N) is 1. The van der Waals surface area contributed by atoms with Crippen LogP contribution < -0.4 is 10.6 Å². The number of rotatable bonds is 4. The molecule has 1 aliphatic carbocycles. The molecule has 0 amide bonds. The first-order chi connectivity index (χ1) is 8.12. The summed E-state index contributed by atoms with van der Waals surface area (Å²) in [7, 11) is 0. The van der Waals surface area contributed by atoms with Crippen LogP contribution in [0.2, 0.25) is 0 Å². The van der Waals surface area contributed by atoms with Crippen molar-refractivity contribution in [2.75, 3.05) is 17.2 Å². The first kappa shape index (κ1) is 12.2. The van der Waals surface area contributed by atoms with Gasteiger partial charge in [0.2, 0.25) is 0 Å². The summed E-state index contributed by atoms with van der Waals surface area (Å²) in [5, 5.41) is 6.89. The smallest absolute Gasteiger partial charge is 0.127 e. The van der Waals surface area contributed by atoms with Gasteiger partial charge in [0, 0.05) is 30.5 Å². The Morgan fingerprint density at radius 1 is 1.47 bits per heavy atom. The third-order valence-corrected chi connectivity index (χ3v) is 3.72. The Kier molecular flexibility index (Phi) is 3.55. The summed E-state index contributed by atoms with van der Waals surface area (Å²) in [6.45, 7) is 7.70. The zero-order valence-electron chi connectivity index (χ0n) is 11.1. The molecular weight excluding hydrogens is 210 g/mol. The van der Waals surface area contributed by atoms with Crippen LogP contribution in [-0.4, -0.2) is 17.6 Å². The van der Waals surface area contributed by atoms with Crippen molar-refractivity contribution in [1.29, 1.82) is 0 Å². The molecule has 0 bridgehead atoms. The highest BCUT2D eigenvalue weighted by atomic mass is 15.0. The lowest BCUT2D eigenvalue weighted by Crippen LogP contribution is -2.30. The molecule has 1 saturated carbocycles. The summed E-state index contributed by atoms with van der Waals surface area (Å²) in [4.78, 5) is 4.29. The molecule has 1 heterocycles. The standard InChI is InChI=1S/C14H23N3/c1-4-15-13-10-11(7-9-16-13)17-12-6-5-8-14(12,2)3/h7,9-10,12H,4-6,8H2,1-3H3,(H2,15,16,17). The fraction of sp³-hybridized carbons (Fsp3) is 0.643. The fourth-order valence-electron chi connectivity index (χ4n) is 2.59. The monoisotopic (exact) mass is 233 g/mol. The van der Waals surface area contributed by atoms with Crippen LogP contribution in [-0.2, 0) is 0 Å². The van der Waals surface area contributed by atoms with E-state index in [1.54, 1.807) is 0 Å². The molecule has 0 aromatic carbocycles. The lowest BCUT2D eigenvalue weighted by molar-refractivity contribution is 0.350. The van der Waals surface area contributed by atoms with E-state index in [9.17, 15) is 0 Å². The van der Waals surface area contributed by atoms with Crippen molar-refractivity contribution >= 4 is 11.5 Å². The van der Waals surface area contributed by atoms with Crippen molar-refractivity contribution in [3.8, 4) is 0 Å². The molecule has 94 valence electrons. The van der Waals surface area contributed by atoms with Crippen molar-refractivity contribution in [2.24, 2.45) is 5.41 Å². The van der Waals surface area contributed by atoms with Gasteiger partial charge in [-0.3, -0.25) is 0 Å². The molecule has 1 atom stereocenters. The lowest BCUT2D eigenvalue weighted by atomic mass is 9.87. The summed E-state index contributed by atoms with van der Waals surface area (Å²) < 4.78 is 0. The van der Waals surface area contributed by atoms with Gasteiger partial charge in [0.05, 0.1) is 0 Å². The molecule has 3 nitrogen and oxygen atoms in total. The average molecular weight is 233 g/mol. The van der Waals surface area contributed by atoms with Crippen LogP contribution in [0.4, 0.5) is 11.5 Å². The number of nitrogens with one attached hydrogen (secondary N) is 2. The van der Waals surface area contributed by atoms with Gasteiger partial charge >= 0.3 is 0 Å². The maximum atomic E-state index is 4.29.